The van der Waals surface area contributed by atoms with Crippen molar-refractivity contribution in [2.75, 3.05) is 0 Å². The van der Waals surface area contributed by atoms with E-state index in [0.29, 0.717) is 12.1 Å². The van der Waals surface area contributed by atoms with Crippen molar-refractivity contribution in [2.24, 2.45) is 0 Å². The highest BCUT2D eigenvalue weighted by molar-refractivity contribution is 4.92. The maximum Gasteiger partial charge on any atom is 0.0916 e. The smallest absolute Gasteiger partial charge is 0.0916 e. The molecule has 2 nitrogen and oxygen atoms in total. The Bertz CT molecular complexity index is 146. The minimum Gasteiger partial charge on any atom is -0.370 e. The molecule has 0 aromatic rings. The molecule has 0 atom stereocenters. The molecule has 14 heavy (non-hydrogen) atoms. The van der Waals surface area contributed by atoms with Gasteiger partial charge in [-0.05, 0) is 26.7 Å². The van der Waals surface area contributed by atoms with Crippen LogP contribution in [0.2, 0.25) is 0 Å². The topological polar surface area (TPSA) is 24.1 Å². The summed E-state index contributed by atoms with van der Waals surface area (Å²) in [7, 11) is 0. The van der Waals surface area contributed by atoms with Gasteiger partial charge < -0.3 is 10.6 Å². The van der Waals surface area contributed by atoms with Crippen LogP contribution >= 0.6 is 0 Å². The zero-order chi connectivity index (χ0) is 11.0. The van der Waals surface area contributed by atoms with Gasteiger partial charge in [0.2, 0.25) is 0 Å². The molecule has 0 spiro atoms. The molecule has 0 aliphatic carbocycles. The Morgan fingerprint density at radius 3 is 1.93 bits per heavy atom. The van der Waals surface area contributed by atoms with E-state index < -0.39 is 0 Å². The lowest BCUT2D eigenvalue weighted by Gasteiger charge is -2.22. The Morgan fingerprint density at radius 2 is 1.57 bits per heavy atom. The molecule has 0 heterocycles. The minimum atomic E-state index is 0.457. The van der Waals surface area contributed by atoms with Gasteiger partial charge in [0.1, 0.15) is 0 Å². The van der Waals surface area contributed by atoms with E-state index in [1.165, 1.54) is 25.7 Å². The summed E-state index contributed by atoms with van der Waals surface area (Å²) in [6.07, 6.45) is 4.92. The minimum absolute atomic E-state index is 0.457. The van der Waals surface area contributed by atoms with E-state index in [1.807, 2.05) is 0 Å². The highest BCUT2D eigenvalue weighted by Gasteiger charge is 2.06. The lowest BCUT2D eigenvalue weighted by molar-refractivity contribution is 0.457. The first-order valence-corrected chi connectivity index (χ1v) is 5.82. The third kappa shape index (κ3) is 6.81. The van der Waals surface area contributed by atoms with E-state index in [1.54, 1.807) is 0 Å². The third-order valence-corrected chi connectivity index (χ3v) is 2.12. The average molecular weight is 198 g/mol. The summed E-state index contributed by atoms with van der Waals surface area (Å²) >= 11 is 0. The third-order valence-electron chi connectivity index (χ3n) is 2.12. The van der Waals surface area contributed by atoms with Crippen molar-refractivity contribution in [3.63, 3.8) is 0 Å². The molecular formula is C12H26N2. The van der Waals surface area contributed by atoms with Crippen molar-refractivity contribution in [2.45, 2.75) is 65.5 Å². The molecule has 0 aromatic carbocycles. The molecule has 2 N–H and O–H groups in total. The van der Waals surface area contributed by atoms with E-state index in [4.69, 9.17) is 0 Å². The molecule has 84 valence electrons. The second kappa shape index (κ2) is 7.72. The molecule has 0 amide bonds. The van der Waals surface area contributed by atoms with E-state index in [9.17, 15) is 0 Å². The maximum absolute atomic E-state index is 3.98. The molecule has 0 aromatic heterocycles. The van der Waals surface area contributed by atoms with Crippen molar-refractivity contribution >= 4 is 0 Å². The fourth-order valence-corrected chi connectivity index (χ4v) is 1.62. The van der Waals surface area contributed by atoms with Crippen LogP contribution in [0.5, 0.6) is 0 Å². The van der Waals surface area contributed by atoms with Gasteiger partial charge in [0, 0.05) is 12.1 Å². The quantitative estimate of drug-likeness (QED) is 0.626. The van der Waals surface area contributed by atoms with Gasteiger partial charge in [-0.3, -0.25) is 0 Å². The van der Waals surface area contributed by atoms with E-state index in [2.05, 4.69) is 44.9 Å². The van der Waals surface area contributed by atoms with E-state index >= 15 is 0 Å². The Labute approximate surface area is 89.2 Å². The van der Waals surface area contributed by atoms with Crippen LogP contribution in [0.4, 0.5) is 0 Å². The van der Waals surface area contributed by atoms with Crippen molar-refractivity contribution < 1.29 is 0 Å². The number of hydrogen-bond donors (Lipinski definition) is 2. The molecule has 0 saturated carbocycles. The molecule has 0 aliphatic rings. The van der Waals surface area contributed by atoms with Crippen LogP contribution in [0.1, 0.15) is 53.4 Å². The van der Waals surface area contributed by atoms with Gasteiger partial charge in [0.25, 0.3) is 0 Å². The molecule has 0 bridgehead atoms. The van der Waals surface area contributed by atoms with Crippen LogP contribution in [0.3, 0.4) is 0 Å². The maximum atomic E-state index is 3.98. The molecule has 0 fully saturated rings. The SMILES string of the molecule is C=C(NC(C)C)NC(CCC)CCC. The summed E-state index contributed by atoms with van der Waals surface area (Å²) in [6, 6.07) is 1.04. The van der Waals surface area contributed by atoms with Crippen LogP contribution in [0, 0.1) is 0 Å². The van der Waals surface area contributed by atoms with Crippen molar-refractivity contribution in [1.82, 2.24) is 10.6 Å². The first-order chi connectivity index (χ1) is 6.60. The Balaban J connectivity index is 3.82. The van der Waals surface area contributed by atoms with Gasteiger partial charge in [0.15, 0.2) is 0 Å². The Kier molecular flexibility index (Phi) is 7.35. The van der Waals surface area contributed by atoms with Crippen LogP contribution in [-0.2, 0) is 0 Å². The molecule has 0 aliphatic heterocycles. The summed E-state index contributed by atoms with van der Waals surface area (Å²) in [6.45, 7) is 12.7. The van der Waals surface area contributed by atoms with Crippen LogP contribution < -0.4 is 10.6 Å². The Hall–Kier alpha value is -0.660. The summed E-state index contributed by atoms with van der Waals surface area (Å²) in [5.41, 5.74) is 0. The second-order valence-electron chi connectivity index (χ2n) is 4.20. The number of nitrogens with one attached hydrogen (secondary N) is 2. The van der Waals surface area contributed by atoms with Crippen molar-refractivity contribution in [3.8, 4) is 0 Å². The lowest BCUT2D eigenvalue weighted by atomic mass is 10.1. The fraction of sp³-hybridized carbons (Fsp3) is 0.833. The molecule has 2 heteroatoms. The first-order valence-electron chi connectivity index (χ1n) is 5.82. The molecule has 0 radical (unpaired) electrons. The predicted octanol–water partition coefficient (Wildman–Crippen LogP) is 3.01. The Morgan fingerprint density at radius 1 is 1.07 bits per heavy atom. The van der Waals surface area contributed by atoms with Crippen LogP contribution in [-0.4, -0.2) is 12.1 Å². The summed E-state index contributed by atoms with van der Waals surface area (Å²) in [4.78, 5) is 0. The first kappa shape index (κ1) is 13.3. The zero-order valence-electron chi connectivity index (χ0n) is 10.2. The van der Waals surface area contributed by atoms with Crippen molar-refractivity contribution in [3.05, 3.63) is 12.4 Å². The normalized spacial score (nSPS) is 10.7. The highest BCUT2D eigenvalue weighted by Crippen LogP contribution is 2.05. The fourth-order valence-electron chi connectivity index (χ4n) is 1.62. The van der Waals surface area contributed by atoms with Gasteiger partial charge in [0.05, 0.1) is 5.82 Å². The number of hydrogen-bond acceptors (Lipinski definition) is 2. The van der Waals surface area contributed by atoms with Crippen LogP contribution in [0.15, 0.2) is 12.4 Å². The summed E-state index contributed by atoms with van der Waals surface area (Å²) in [5, 5.41) is 6.73. The van der Waals surface area contributed by atoms with Gasteiger partial charge >= 0.3 is 0 Å². The molecular weight excluding hydrogens is 172 g/mol. The average Bonchev–Trinajstić information content (AvgIpc) is 2.03. The number of rotatable bonds is 8. The highest BCUT2D eigenvalue weighted by atomic mass is 15.1. The zero-order valence-corrected chi connectivity index (χ0v) is 10.2. The largest absolute Gasteiger partial charge is 0.370 e. The summed E-state index contributed by atoms with van der Waals surface area (Å²) in [5.74, 6) is 0.965. The standard InChI is InChI=1S/C12H26N2/c1-6-8-12(9-7-2)14-11(5)13-10(3)4/h10,12-14H,5-9H2,1-4H3. The van der Waals surface area contributed by atoms with Crippen molar-refractivity contribution in [1.29, 1.82) is 0 Å². The molecule has 0 rings (SSSR count). The van der Waals surface area contributed by atoms with Gasteiger partial charge in [-0.1, -0.05) is 33.3 Å². The predicted molar refractivity (Wildman–Crippen MR) is 64.2 cm³/mol. The summed E-state index contributed by atoms with van der Waals surface area (Å²) < 4.78 is 0. The van der Waals surface area contributed by atoms with E-state index in [0.717, 1.165) is 5.82 Å². The lowest BCUT2D eigenvalue weighted by Crippen LogP contribution is -2.36. The monoisotopic (exact) mass is 198 g/mol. The molecule has 0 unspecified atom stereocenters. The van der Waals surface area contributed by atoms with Gasteiger partial charge in [-0.15, -0.1) is 0 Å². The van der Waals surface area contributed by atoms with Crippen LogP contribution in [0.25, 0.3) is 0 Å². The van der Waals surface area contributed by atoms with E-state index in [-0.39, 0.29) is 0 Å². The van der Waals surface area contributed by atoms with Gasteiger partial charge in [-0.25, -0.2) is 0 Å². The van der Waals surface area contributed by atoms with Gasteiger partial charge in [-0.2, -0.15) is 0 Å². The second-order valence-corrected chi connectivity index (χ2v) is 4.20. The molecule has 0 saturated heterocycles.